The van der Waals surface area contributed by atoms with Gasteiger partial charge in [0.1, 0.15) is 5.69 Å². The molecule has 1 aliphatic heterocycles. The van der Waals surface area contributed by atoms with Crippen molar-refractivity contribution in [1.82, 2.24) is 25.4 Å². The average Bonchev–Trinajstić information content (AvgIpc) is 3.25. The fourth-order valence-corrected chi connectivity index (χ4v) is 3.58. The lowest BCUT2D eigenvalue weighted by molar-refractivity contribution is 0.0948. The molecule has 1 unspecified atom stereocenters. The first-order valence-electron chi connectivity index (χ1n) is 8.24. The number of piperidine rings is 1. The maximum atomic E-state index is 12.2. The fourth-order valence-electron chi connectivity index (χ4n) is 2.72. The largest absolute Gasteiger partial charge is 0.350 e. The van der Waals surface area contributed by atoms with E-state index in [0.717, 1.165) is 43.8 Å². The lowest BCUT2D eigenvalue weighted by atomic mass is 10.1. The Morgan fingerprint density at radius 3 is 3.22 bits per heavy atom. The predicted octanol–water partition coefficient (Wildman–Crippen LogP) is 1.80. The summed E-state index contributed by atoms with van der Waals surface area (Å²) in [7, 11) is 0. The van der Waals surface area contributed by atoms with Crippen molar-refractivity contribution in [3.05, 3.63) is 34.0 Å². The van der Waals surface area contributed by atoms with Crippen LogP contribution in [0.15, 0.2) is 18.5 Å². The zero-order valence-electron chi connectivity index (χ0n) is 13.4. The highest BCUT2D eigenvalue weighted by atomic mass is 32.1. The molecule has 0 spiro atoms. The third kappa shape index (κ3) is 4.17. The number of hydrogen-bond donors (Lipinski definition) is 2. The van der Waals surface area contributed by atoms with Crippen molar-refractivity contribution in [1.29, 1.82) is 0 Å². The summed E-state index contributed by atoms with van der Waals surface area (Å²) in [5.74, 6) is -0.111. The van der Waals surface area contributed by atoms with Gasteiger partial charge in [-0.25, -0.2) is 4.98 Å². The number of carbonyl (C=O) groups excluding carboxylic acids is 1. The highest BCUT2D eigenvalue weighted by Crippen LogP contribution is 2.16. The zero-order chi connectivity index (χ0) is 16.1. The molecule has 1 aliphatic rings. The summed E-state index contributed by atoms with van der Waals surface area (Å²) in [5, 5.41) is 11.8. The van der Waals surface area contributed by atoms with E-state index in [1.807, 2.05) is 17.1 Å². The number of aromatic nitrogens is 3. The first-order chi connectivity index (χ1) is 11.3. The average molecular weight is 333 g/mol. The van der Waals surface area contributed by atoms with E-state index in [2.05, 4.69) is 27.6 Å². The van der Waals surface area contributed by atoms with Gasteiger partial charge in [-0.1, -0.05) is 6.92 Å². The van der Waals surface area contributed by atoms with Crippen LogP contribution in [0.25, 0.3) is 0 Å². The van der Waals surface area contributed by atoms with Gasteiger partial charge in [0, 0.05) is 36.8 Å². The van der Waals surface area contributed by atoms with Crippen LogP contribution in [0.2, 0.25) is 0 Å². The van der Waals surface area contributed by atoms with Crippen LogP contribution in [0.5, 0.6) is 0 Å². The number of nitrogens with one attached hydrogen (secondary N) is 2. The van der Waals surface area contributed by atoms with Crippen molar-refractivity contribution in [2.24, 2.45) is 0 Å². The molecule has 124 valence electrons. The molecule has 2 N–H and O–H groups in total. The molecule has 1 saturated heterocycles. The first kappa shape index (κ1) is 16.1. The van der Waals surface area contributed by atoms with Gasteiger partial charge < -0.3 is 10.6 Å². The molecular weight excluding hydrogens is 310 g/mol. The van der Waals surface area contributed by atoms with Gasteiger partial charge in [0.2, 0.25) is 0 Å². The molecule has 2 aromatic rings. The van der Waals surface area contributed by atoms with E-state index in [4.69, 9.17) is 0 Å². The van der Waals surface area contributed by atoms with Gasteiger partial charge in [0.25, 0.3) is 5.91 Å². The van der Waals surface area contributed by atoms with E-state index in [0.29, 0.717) is 18.3 Å². The number of hydrogen-bond acceptors (Lipinski definition) is 5. The van der Waals surface area contributed by atoms with Crippen LogP contribution < -0.4 is 10.6 Å². The smallest absolute Gasteiger partial charge is 0.271 e. The van der Waals surface area contributed by atoms with E-state index in [9.17, 15) is 4.79 Å². The number of rotatable bonds is 6. The Morgan fingerprint density at radius 2 is 2.48 bits per heavy atom. The standard InChI is InChI=1S/C16H23N5OS/c1-2-13-11-19-15(23-13)5-8-18-16(22)14-6-9-21(20-14)12-4-3-7-17-10-12/h6,9,11-12,17H,2-5,7-8,10H2,1H3,(H,18,22). The summed E-state index contributed by atoms with van der Waals surface area (Å²) in [6.45, 7) is 4.71. The van der Waals surface area contributed by atoms with E-state index in [1.165, 1.54) is 4.88 Å². The quantitative estimate of drug-likeness (QED) is 0.845. The molecule has 0 radical (unpaired) electrons. The SMILES string of the molecule is CCc1cnc(CCNC(=O)c2ccn(C3CCCNC3)n2)s1. The highest BCUT2D eigenvalue weighted by Gasteiger charge is 2.17. The Balaban J connectivity index is 1.49. The third-order valence-electron chi connectivity index (χ3n) is 4.06. The Kier molecular flexibility index (Phi) is 5.40. The summed E-state index contributed by atoms with van der Waals surface area (Å²) in [6, 6.07) is 2.15. The van der Waals surface area contributed by atoms with Crippen molar-refractivity contribution >= 4 is 17.2 Å². The number of amides is 1. The second-order valence-electron chi connectivity index (χ2n) is 5.76. The van der Waals surface area contributed by atoms with Crippen molar-refractivity contribution in [2.75, 3.05) is 19.6 Å². The van der Waals surface area contributed by atoms with Gasteiger partial charge in [-0.15, -0.1) is 11.3 Å². The summed E-state index contributed by atoms with van der Waals surface area (Å²) < 4.78 is 1.91. The molecule has 0 saturated carbocycles. The fraction of sp³-hybridized carbons (Fsp3) is 0.562. The highest BCUT2D eigenvalue weighted by molar-refractivity contribution is 7.11. The minimum atomic E-state index is -0.111. The normalized spacial score (nSPS) is 18.0. The molecule has 0 bridgehead atoms. The monoisotopic (exact) mass is 333 g/mol. The summed E-state index contributed by atoms with van der Waals surface area (Å²) in [5.41, 5.74) is 0.490. The summed E-state index contributed by atoms with van der Waals surface area (Å²) >= 11 is 1.71. The third-order valence-corrected chi connectivity index (χ3v) is 5.26. The van der Waals surface area contributed by atoms with Gasteiger partial charge in [-0.2, -0.15) is 5.10 Å². The van der Waals surface area contributed by atoms with Crippen LogP contribution in [0.1, 0.15) is 46.2 Å². The maximum Gasteiger partial charge on any atom is 0.271 e. The Morgan fingerprint density at radius 1 is 1.57 bits per heavy atom. The molecule has 6 nitrogen and oxygen atoms in total. The molecular formula is C16H23N5OS. The maximum absolute atomic E-state index is 12.2. The Bertz CT molecular complexity index is 644. The van der Waals surface area contributed by atoms with Gasteiger partial charge in [0.15, 0.2) is 0 Å². The Labute approximate surface area is 140 Å². The van der Waals surface area contributed by atoms with Crippen LogP contribution >= 0.6 is 11.3 Å². The van der Waals surface area contributed by atoms with Gasteiger partial charge in [-0.3, -0.25) is 9.48 Å². The van der Waals surface area contributed by atoms with Gasteiger partial charge in [0.05, 0.1) is 11.0 Å². The molecule has 3 heterocycles. The minimum absolute atomic E-state index is 0.111. The molecule has 1 atom stereocenters. The molecule has 7 heteroatoms. The van der Waals surface area contributed by atoms with Crippen LogP contribution in [0.3, 0.4) is 0 Å². The second kappa shape index (κ2) is 7.70. The minimum Gasteiger partial charge on any atom is -0.350 e. The number of carbonyl (C=O) groups is 1. The van der Waals surface area contributed by atoms with Crippen molar-refractivity contribution in [3.8, 4) is 0 Å². The lowest BCUT2D eigenvalue weighted by Crippen LogP contribution is -2.32. The molecule has 2 aromatic heterocycles. The van der Waals surface area contributed by atoms with Crippen molar-refractivity contribution < 1.29 is 4.79 Å². The number of aryl methyl sites for hydroxylation is 1. The van der Waals surface area contributed by atoms with Crippen LogP contribution in [0, 0.1) is 0 Å². The van der Waals surface area contributed by atoms with Crippen molar-refractivity contribution in [2.45, 2.75) is 38.6 Å². The molecule has 1 fully saturated rings. The van der Waals surface area contributed by atoms with Crippen molar-refractivity contribution in [3.63, 3.8) is 0 Å². The van der Waals surface area contributed by atoms with Gasteiger partial charge >= 0.3 is 0 Å². The van der Waals surface area contributed by atoms with E-state index in [-0.39, 0.29) is 5.91 Å². The zero-order valence-corrected chi connectivity index (χ0v) is 14.2. The van der Waals surface area contributed by atoms with E-state index < -0.39 is 0 Å². The molecule has 0 aliphatic carbocycles. The van der Waals surface area contributed by atoms with E-state index in [1.54, 1.807) is 17.4 Å². The lowest BCUT2D eigenvalue weighted by Gasteiger charge is -2.22. The van der Waals surface area contributed by atoms with Crippen LogP contribution in [-0.2, 0) is 12.8 Å². The molecule has 3 rings (SSSR count). The molecule has 23 heavy (non-hydrogen) atoms. The van der Waals surface area contributed by atoms with Crippen LogP contribution in [0.4, 0.5) is 0 Å². The van der Waals surface area contributed by atoms with E-state index >= 15 is 0 Å². The van der Waals surface area contributed by atoms with Crippen LogP contribution in [-0.4, -0.2) is 40.3 Å². The predicted molar refractivity (Wildman–Crippen MR) is 90.9 cm³/mol. The Hall–Kier alpha value is -1.73. The molecule has 1 amide bonds. The molecule has 0 aromatic carbocycles. The number of nitrogens with zero attached hydrogens (tertiary/aromatic N) is 3. The summed E-state index contributed by atoms with van der Waals surface area (Å²) in [6.07, 6.45) is 7.86. The second-order valence-corrected chi connectivity index (χ2v) is 6.96. The van der Waals surface area contributed by atoms with Gasteiger partial charge in [-0.05, 0) is 31.9 Å². The number of thiazole rings is 1. The topological polar surface area (TPSA) is 71.8 Å². The first-order valence-corrected chi connectivity index (χ1v) is 9.05. The summed E-state index contributed by atoms with van der Waals surface area (Å²) in [4.78, 5) is 17.8.